The van der Waals surface area contributed by atoms with E-state index < -0.39 is 10.9 Å². The average Bonchev–Trinajstić information content (AvgIpc) is 2.18. The van der Waals surface area contributed by atoms with Crippen LogP contribution in [0.3, 0.4) is 0 Å². The van der Waals surface area contributed by atoms with Gasteiger partial charge >= 0.3 is 11.7 Å². The first-order valence-electron chi connectivity index (χ1n) is 4.47. The molecule has 0 bridgehead atoms. The maximum atomic E-state index is 11.2. The van der Waals surface area contributed by atoms with Crippen molar-refractivity contribution in [1.29, 1.82) is 0 Å². The minimum absolute atomic E-state index is 0.0128. The first-order chi connectivity index (χ1) is 7.02. The molecule has 1 rings (SSSR count). The van der Waals surface area contributed by atoms with E-state index >= 15 is 0 Å². The maximum Gasteiger partial charge on any atom is 0.314 e. The van der Waals surface area contributed by atoms with Crippen LogP contribution in [0, 0.1) is 16.0 Å². The number of nitro groups is 1. The van der Waals surface area contributed by atoms with E-state index in [1.54, 1.807) is 19.9 Å². The van der Waals surface area contributed by atoms with Gasteiger partial charge in [0.1, 0.15) is 0 Å². The third kappa shape index (κ3) is 2.77. The quantitative estimate of drug-likeness (QED) is 0.331. The van der Waals surface area contributed by atoms with Crippen LogP contribution in [0.1, 0.15) is 13.8 Å². The molecule has 0 fully saturated rings. The van der Waals surface area contributed by atoms with E-state index in [2.05, 4.69) is 0 Å². The molecule has 0 saturated heterocycles. The van der Waals surface area contributed by atoms with Gasteiger partial charge in [-0.3, -0.25) is 14.9 Å². The van der Waals surface area contributed by atoms with Crippen molar-refractivity contribution in [3.8, 4) is 5.75 Å². The summed E-state index contributed by atoms with van der Waals surface area (Å²) in [4.78, 5) is 21.2. The van der Waals surface area contributed by atoms with Crippen molar-refractivity contribution in [3.05, 3.63) is 34.4 Å². The number of nitrogens with zero attached hydrogens (tertiary/aromatic N) is 1. The van der Waals surface area contributed by atoms with Crippen LogP contribution in [-0.4, -0.2) is 10.9 Å². The second-order valence-electron chi connectivity index (χ2n) is 3.30. The summed E-state index contributed by atoms with van der Waals surface area (Å²) in [6.45, 7) is 3.33. The van der Waals surface area contributed by atoms with Gasteiger partial charge in [0.05, 0.1) is 10.8 Å². The molecular weight excluding hydrogens is 198 g/mol. The van der Waals surface area contributed by atoms with Gasteiger partial charge in [0, 0.05) is 6.07 Å². The number of nitro benzene ring substituents is 1. The molecule has 0 aliphatic heterocycles. The molecule has 0 radical (unpaired) electrons. The number of esters is 1. The van der Waals surface area contributed by atoms with Crippen LogP contribution in [-0.2, 0) is 4.79 Å². The molecule has 0 heterocycles. The van der Waals surface area contributed by atoms with E-state index in [0.717, 1.165) is 0 Å². The number of rotatable bonds is 3. The van der Waals surface area contributed by atoms with Crippen LogP contribution in [0.25, 0.3) is 0 Å². The van der Waals surface area contributed by atoms with Crippen molar-refractivity contribution in [3.63, 3.8) is 0 Å². The van der Waals surface area contributed by atoms with Gasteiger partial charge in [0.25, 0.3) is 0 Å². The monoisotopic (exact) mass is 209 g/mol. The Kier molecular flexibility index (Phi) is 3.38. The number of benzene rings is 1. The largest absolute Gasteiger partial charge is 0.419 e. The van der Waals surface area contributed by atoms with Gasteiger partial charge < -0.3 is 4.74 Å². The Balaban J connectivity index is 2.94. The van der Waals surface area contributed by atoms with Crippen molar-refractivity contribution in [2.45, 2.75) is 13.8 Å². The molecular formula is C10H11NO4. The van der Waals surface area contributed by atoms with Gasteiger partial charge in [-0.15, -0.1) is 0 Å². The summed E-state index contributed by atoms with van der Waals surface area (Å²) < 4.78 is 4.89. The highest BCUT2D eigenvalue weighted by molar-refractivity contribution is 5.75. The molecule has 0 aliphatic rings. The molecule has 1 aromatic rings. The topological polar surface area (TPSA) is 69.4 Å². The Labute approximate surface area is 86.8 Å². The van der Waals surface area contributed by atoms with Gasteiger partial charge in [-0.05, 0) is 6.07 Å². The molecule has 1 aromatic carbocycles. The lowest BCUT2D eigenvalue weighted by molar-refractivity contribution is -0.385. The summed E-state index contributed by atoms with van der Waals surface area (Å²) in [6, 6.07) is 5.79. The number of carbonyl (C=O) groups is 1. The van der Waals surface area contributed by atoms with Crippen LogP contribution < -0.4 is 4.74 Å². The van der Waals surface area contributed by atoms with Crippen LogP contribution in [0.4, 0.5) is 5.69 Å². The Morgan fingerprint density at radius 2 is 2.00 bits per heavy atom. The zero-order chi connectivity index (χ0) is 11.4. The molecule has 5 heteroatoms. The van der Waals surface area contributed by atoms with E-state index in [1.807, 2.05) is 0 Å². The molecule has 0 aliphatic carbocycles. The highest BCUT2D eigenvalue weighted by Crippen LogP contribution is 2.26. The van der Waals surface area contributed by atoms with E-state index in [-0.39, 0.29) is 17.4 Å². The molecule has 0 saturated carbocycles. The standard InChI is InChI=1S/C10H11NO4/c1-7(2)10(12)15-9-6-4-3-5-8(9)11(13)14/h3-7H,1-2H3. The lowest BCUT2D eigenvalue weighted by Gasteiger charge is -2.06. The zero-order valence-electron chi connectivity index (χ0n) is 8.47. The Bertz CT molecular complexity index is 387. The Morgan fingerprint density at radius 3 is 2.53 bits per heavy atom. The lowest BCUT2D eigenvalue weighted by Crippen LogP contribution is -2.15. The van der Waals surface area contributed by atoms with E-state index in [9.17, 15) is 14.9 Å². The highest BCUT2D eigenvalue weighted by atomic mass is 16.6. The molecule has 80 valence electrons. The predicted octanol–water partition coefficient (Wildman–Crippen LogP) is 2.16. The summed E-state index contributed by atoms with van der Waals surface area (Å²) in [5.74, 6) is -0.810. The fourth-order valence-corrected chi connectivity index (χ4v) is 0.921. The second-order valence-corrected chi connectivity index (χ2v) is 3.30. The van der Waals surface area contributed by atoms with Crippen LogP contribution >= 0.6 is 0 Å². The average molecular weight is 209 g/mol. The first kappa shape index (κ1) is 11.2. The molecule has 0 spiro atoms. The molecule has 0 atom stereocenters. The summed E-state index contributed by atoms with van der Waals surface area (Å²) in [6.07, 6.45) is 0. The van der Waals surface area contributed by atoms with Crippen molar-refractivity contribution < 1.29 is 14.5 Å². The fraction of sp³-hybridized carbons (Fsp3) is 0.300. The third-order valence-corrected chi connectivity index (χ3v) is 1.74. The lowest BCUT2D eigenvalue weighted by atomic mass is 10.2. The van der Waals surface area contributed by atoms with Crippen LogP contribution in [0.15, 0.2) is 24.3 Å². The Morgan fingerprint density at radius 1 is 1.40 bits per heavy atom. The highest BCUT2D eigenvalue weighted by Gasteiger charge is 2.18. The number of ether oxygens (including phenoxy) is 1. The molecule has 5 nitrogen and oxygen atoms in total. The van der Waals surface area contributed by atoms with Gasteiger partial charge in [0.2, 0.25) is 5.75 Å². The van der Waals surface area contributed by atoms with E-state index in [4.69, 9.17) is 4.74 Å². The van der Waals surface area contributed by atoms with E-state index in [0.29, 0.717) is 0 Å². The second kappa shape index (κ2) is 4.54. The van der Waals surface area contributed by atoms with Gasteiger partial charge in [-0.1, -0.05) is 26.0 Å². The smallest absolute Gasteiger partial charge is 0.314 e. The van der Waals surface area contributed by atoms with Gasteiger partial charge in [-0.2, -0.15) is 0 Å². The normalized spacial score (nSPS) is 10.1. The molecule has 0 amide bonds. The van der Waals surface area contributed by atoms with Crippen LogP contribution in [0.5, 0.6) is 5.75 Å². The maximum absolute atomic E-state index is 11.2. The summed E-state index contributed by atoms with van der Waals surface area (Å²) >= 11 is 0. The number of carbonyl (C=O) groups excluding carboxylic acids is 1. The van der Waals surface area contributed by atoms with Crippen molar-refractivity contribution in [2.75, 3.05) is 0 Å². The van der Waals surface area contributed by atoms with Crippen molar-refractivity contribution >= 4 is 11.7 Å². The molecule has 15 heavy (non-hydrogen) atoms. The number of hydrogen-bond acceptors (Lipinski definition) is 4. The SMILES string of the molecule is CC(C)C(=O)Oc1ccccc1[N+](=O)[O-]. The zero-order valence-corrected chi connectivity index (χ0v) is 8.47. The van der Waals surface area contributed by atoms with Crippen LogP contribution in [0.2, 0.25) is 0 Å². The minimum atomic E-state index is -0.580. The molecule has 0 unspecified atom stereocenters. The van der Waals surface area contributed by atoms with Crippen molar-refractivity contribution in [1.82, 2.24) is 0 Å². The number of para-hydroxylation sites is 2. The first-order valence-corrected chi connectivity index (χ1v) is 4.47. The Hall–Kier alpha value is -1.91. The minimum Gasteiger partial charge on any atom is -0.419 e. The van der Waals surface area contributed by atoms with E-state index in [1.165, 1.54) is 18.2 Å². The number of hydrogen-bond donors (Lipinski definition) is 0. The molecule has 0 N–H and O–H groups in total. The third-order valence-electron chi connectivity index (χ3n) is 1.74. The molecule has 0 aromatic heterocycles. The predicted molar refractivity (Wildman–Crippen MR) is 53.6 cm³/mol. The summed E-state index contributed by atoms with van der Waals surface area (Å²) in [5, 5.41) is 10.6. The summed E-state index contributed by atoms with van der Waals surface area (Å²) in [7, 11) is 0. The van der Waals surface area contributed by atoms with Crippen molar-refractivity contribution in [2.24, 2.45) is 5.92 Å². The fourth-order valence-electron chi connectivity index (χ4n) is 0.921. The summed E-state index contributed by atoms with van der Waals surface area (Å²) in [5.41, 5.74) is -0.202. The van der Waals surface area contributed by atoms with Gasteiger partial charge in [0.15, 0.2) is 0 Å². The van der Waals surface area contributed by atoms with Gasteiger partial charge in [-0.25, -0.2) is 0 Å².